The van der Waals surface area contributed by atoms with Crippen molar-refractivity contribution in [3.63, 3.8) is 0 Å². The average Bonchev–Trinajstić information content (AvgIpc) is 3.03. The van der Waals surface area contributed by atoms with Crippen molar-refractivity contribution in [1.82, 2.24) is 0 Å². The Morgan fingerprint density at radius 2 is 0.955 bits per heavy atom. The van der Waals surface area contributed by atoms with Crippen LogP contribution < -0.4 is 0 Å². The third kappa shape index (κ3) is 35.4. The summed E-state index contributed by atoms with van der Waals surface area (Å²) in [7, 11) is 0. The Labute approximate surface area is 275 Å². The number of aliphatic hydroxyl groups is 1. The van der Waals surface area contributed by atoms with Crippen molar-refractivity contribution in [2.24, 2.45) is 0 Å². The van der Waals surface area contributed by atoms with Gasteiger partial charge in [-0.05, 0) is 44.9 Å². The van der Waals surface area contributed by atoms with Crippen LogP contribution in [0.15, 0.2) is 24.3 Å². The van der Waals surface area contributed by atoms with Crippen molar-refractivity contribution in [2.75, 3.05) is 19.8 Å². The molecule has 0 amide bonds. The van der Waals surface area contributed by atoms with Gasteiger partial charge in [0.15, 0.2) is 0 Å². The number of rotatable bonds is 36. The Hall–Kier alpha value is -1.13. The van der Waals surface area contributed by atoms with Gasteiger partial charge >= 0.3 is 5.97 Å². The van der Waals surface area contributed by atoms with Crippen LogP contribution in [0.3, 0.4) is 0 Å². The summed E-state index contributed by atoms with van der Waals surface area (Å²) < 4.78 is 11.0. The molecule has 0 aromatic carbocycles. The SMILES string of the molecule is CCCCCCC/C=C\C/C=C\CCCCCCCCCCCCCCCC(=O)OC(CO)COCCCCCCCCC. The van der Waals surface area contributed by atoms with Crippen molar-refractivity contribution in [3.05, 3.63) is 24.3 Å². The minimum absolute atomic E-state index is 0.169. The van der Waals surface area contributed by atoms with Crippen molar-refractivity contribution in [1.29, 1.82) is 0 Å². The summed E-state index contributed by atoms with van der Waals surface area (Å²) in [4.78, 5) is 12.1. The first-order valence-corrected chi connectivity index (χ1v) is 19.4. The van der Waals surface area contributed by atoms with Crippen LogP contribution in [0.4, 0.5) is 0 Å². The van der Waals surface area contributed by atoms with Crippen molar-refractivity contribution in [2.45, 2.75) is 206 Å². The van der Waals surface area contributed by atoms with Gasteiger partial charge in [-0.25, -0.2) is 0 Å². The van der Waals surface area contributed by atoms with Crippen LogP contribution in [-0.2, 0) is 14.3 Å². The molecular formula is C40H76O4. The highest BCUT2D eigenvalue weighted by Gasteiger charge is 2.13. The summed E-state index contributed by atoms with van der Waals surface area (Å²) in [6.07, 6.45) is 45.2. The van der Waals surface area contributed by atoms with Gasteiger partial charge in [-0.3, -0.25) is 4.79 Å². The van der Waals surface area contributed by atoms with Crippen molar-refractivity contribution >= 4 is 5.97 Å². The predicted octanol–water partition coefficient (Wildman–Crippen LogP) is 12.4. The van der Waals surface area contributed by atoms with E-state index in [4.69, 9.17) is 9.47 Å². The lowest BCUT2D eigenvalue weighted by Crippen LogP contribution is -2.27. The van der Waals surface area contributed by atoms with Crippen molar-refractivity contribution < 1.29 is 19.4 Å². The Morgan fingerprint density at radius 3 is 1.41 bits per heavy atom. The van der Waals surface area contributed by atoms with Gasteiger partial charge in [0.25, 0.3) is 0 Å². The summed E-state index contributed by atoms with van der Waals surface area (Å²) in [5.41, 5.74) is 0. The van der Waals surface area contributed by atoms with Gasteiger partial charge in [-0.2, -0.15) is 0 Å². The van der Waals surface area contributed by atoms with Crippen LogP contribution in [0.5, 0.6) is 0 Å². The molecular weight excluding hydrogens is 544 g/mol. The fourth-order valence-corrected chi connectivity index (χ4v) is 5.59. The number of unbranched alkanes of at least 4 members (excludes halogenated alkanes) is 24. The van der Waals surface area contributed by atoms with E-state index in [2.05, 4.69) is 38.2 Å². The maximum Gasteiger partial charge on any atom is 0.306 e. The summed E-state index contributed by atoms with van der Waals surface area (Å²) in [6, 6.07) is 0. The third-order valence-corrected chi connectivity index (χ3v) is 8.53. The molecule has 0 saturated carbocycles. The van der Waals surface area contributed by atoms with Crippen LogP contribution >= 0.6 is 0 Å². The van der Waals surface area contributed by atoms with E-state index in [9.17, 15) is 9.90 Å². The zero-order chi connectivity index (χ0) is 32.0. The number of carbonyl (C=O) groups excluding carboxylic acids is 1. The van der Waals surface area contributed by atoms with Crippen LogP contribution in [-0.4, -0.2) is 37.0 Å². The molecule has 1 unspecified atom stereocenters. The normalized spacial score (nSPS) is 12.5. The Balaban J connectivity index is 3.36. The molecule has 0 spiro atoms. The van der Waals surface area contributed by atoms with E-state index in [0.29, 0.717) is 19.6 Å². The number of aliphatic hydroxyl groups excluding tert-OH is 1. The Morgan fingerprint density at radius 1 is 0.545 bits per heavy atom. The summed E-state index contributed by atoms with van der Waals surface area (Å²) in [6.45, 7) is 5.32. The van der Waals surface area contributed by atoms with Gasteiger partial charge in [0.2, 0.25) is 0 Å². The minimum atomic E-state index is -0.527. The lowest BCUT2D eigenvalue weighted by Gasteiger charge is -2.15. The lowest BCUT2D eigenvalue weighted by molar-refractivity contribution is -0.154. The average molecular weight is 621 g/mol. The number of allylic oxidation sites excluding steroid dienone is 4. The van der Waals surface area contributed by atoms with Crippen LogP contribution in [0, 0.1) is 0 Å². The quantitative estimate of drug-likeness (QED) is 0.0430. The molecule has 0 aliphatic carbocycles. The smallest absolute Gasteiger partial charge is 0.306 e. The molecule has 0 aromatic heterocycles. The molecule has 1 N–H and O–H groups in total. The van der Waals surface area contributed by atoms with Gasteiger partial charge in [-0.15, -0.1) is 0 Å². The van der Waals surface area contributed by atoms with E-state index < -0.39 is 6.10 Å². The van der Waals surface area contributed by atoms with Gasteiger partial charge in [0, 0.05) is 13.0 Å². The van der Waals surface area contributed by atoms with E-state index in [1.54, 1.807) is 0 Å². The zero-order valence-electron chi connectivity index (χ0n) is 29.7. The molecule has 1 atom stereocenters. The maximum absolute atomic E-state index is 12.1. The molecule has 0 heterocycles. The molecule has 44 heavy (non-hydrogen) atoms. The predicted molar refractivity (Wildman–Crippen MR) is 191 cm³/mol. The lowest BCUT2D eigenvalue weighted by atomic mass is 10.0. The second-order valence-electron chi connectivity index (χ2n) is 13.0. The third-order valence-electron chi connectivity index (χ3n) is 8.53. The van der Waals surface area contributed by atoms with Gasteiger partial charge < -0.3 is 14.6 Å². The fourth-order valence-electron chi connectivity index (χ4n) is 5.59. The standard InChI is InChI=1S/C40H76O4/c1-3-5-7-9-11-12-13-14-15-16-17-18-19-20-21-22-23-24-25-26-27-28-29-31-33-35-40(42)44-39(37-41)38-43-36-34-32-30-10-8-6-4-2/h13-14,16-17,39,41H,3-12,15,18-38H2,1-2H3/b14-13-,17-16-. The molecule has 0 radical (unpaired) electrons. The molecule has 0 bridgehead atoms. The van der Waals surface area contributed by atoms with E-state index in [1.807, 2.05) is 0 Å². The second kappa shape index (κ2) is 38.1. The van der Waals surface area contributed by atoms with Crippen LogP contribution in [0.1, 0.15) is 200 Å². The molecule has 0 aliphatic rings. The first kappa shape index (κ1) is 42.9. The van der Waals surface area contributed by atoms with E-state index in [1.165, 1.54) is 154 Å². The van der Waals surface area contributed by atoms with Crippen molar-refractivity contribution in [3.8, 4) is 0 Å². The summed E-state index contributed by atoms with van der Waals surface area (Å²) in [5, 5.41) is 9.50. The first-order chi connectivity index (χ1) is 21.7. The molecule has 0 rings (SSSR count). The monoisotopic (exact) mass is 621 g/mol. The Bertz CT molecular complexity index is 614. The summed E-state index contributed by atoms with van der Waals surface area (Å²) >= 11 is 0. The van der Waals surface area contributed by atoms with Crippen LogP contribution in [0.2, 0.25) is 0 Å². The van der Waals surface area contributed by atoms with E-state index in [0.717, 1.165) is 25.7 Å². The minimum Gasteiger partial charge on any atom is -0.457 e. The zero-order valence-corrected chi connectivity index (χ0v) is 29.7. The molecule has 4 nitrogen and oxygen atoms in total. The molecule has 0 aromatic rings. The van der Waals surface area contributed by atoms with Gasteiger partial charge in [-0.1, -0.05) is 173 Å². The Kier molecular flexibility index (Phi) is 37.1. The number of ether oxygens (including phenoxy) is 2. The largest absolute Gasteiger partial charge is 0.457 e. The summed E-state index contributed by atoms with van der Waals surface area (Å²) in [5.74, 6) is -0.202. The van der Waals surface area contributed by atoms with Gasteiger partial charge in [0.1, 0.15) is 6.10 Å². The highest BCUT2D eigenvalue weighted by atomic mass is 16.6. The first-order valence-electron chi connectivity index (χ1n) is 19.4. The number of carbonyl (C=O) groups is 1. The maximum atomic E-state index is 12.1. The highest BCUT2D eigenvalue weighted by Crippen LogP contribution is 2.14. The van der Waals surface area contributed by atoms with E-state index >= 15 is 0 Å². The topological polar surface area (TPSA) is 55.8 Å². The molecule has 0 saturated heterocycles. The molecule has 0 fully saturated rings. The van der Waals surface area contributed by atoms with Gasteiger partial charge in [0.05, 0.1) is 13.2 Å². The molecule has 260 valence electrons. The molecule has 4 heteroatoms. The highest BCUT2D eigenvalue weighted by molar-refractivity contribution is 5.69. The molecule has 0 aliphatic heterocycles. The van der Waals surface area contributed by atoms with E-state index in [-0.39, 0.29) is 12.6 Å². The number of hydrogen-bond acceptors (Lipinski definition) is 4. The van der Waals surface area contributed by atoms with Crippen LogP contribution in [0.25, 0.3) is 0 Å². The second-order valence-corrected chi connectivity index (χ2v) is 13.0. The number of esters is 1. The fraction of sp³-hybridized carbons (Fsp3) is 0.875. The number of hydrogen-bond donors (Lipinski definition) is 1.